The average Bonchev–Trinajstić information content (AvgIpc) is 2.20. The van der Waals surface area contributed by atoms with Crippen LogP contribution in [-0.2, 0) is 0 Å². The van der Waals surface area contributed by atoms with E-state index in [-0.39, 0.29) is 0 Å². The second-order valence-corrected chi connectivity index (χ2v) is 3.69. The van der Waals surface area contributed by atoms with Gasteiger partial charge in [-0.2, -0.15) is 0 Å². The summed E-state index contributed by atoms with van der Waals surface area (Å²) < 4.78 is 0. The summed E-state index contributed by atoms with van der Waals surface area (Å²) in [5, 5.41) is 56.8. The van der Waals surface area contributed by atoms with Gasteiger partial charge < -0.3 is 25.5 Å². The van der Waals surface area contributed by atoms with Crippen molar-refractivity contribution in [1.82, 2.24) is 0 Å². The third-order valence-corrected chi connectivity index (χ3v) is 2.78. The van der Waals surface area contributed by atoms with Crippen molar-refractivity contribution in [3.63, 3.8) is 0 Å². The maximum absolute atomic E-state index is 10.6. The van der Waals surface area contributed by atoms with Gasteiger partial charge in [-0.1, -0.05) is 0 Å². The molecule has 0 aromatic heterocycles. The molecule has 0 spiro atoms. The highest BCUT2D eigenvalue weighted by Crippen LogP contribution is 2.31. The monoisotopic (exact) mass is 223 g/mol. The topological polar surface area (TPSA) is 144 Å². The van der Waals surface area contributed by atoms with E-state index in [1.807, 2.05) is 0 Å². The predicted octanol–water partition coefficient (Wildman–Crippen LogP) is -3.16. The number of nitrogens with zero attached hydrogens (tertiary/aromatic N) is 1. The van der Waals surface area contributed by atoms with E-state index in [2.05, 4.69) is 0 Å². The summed E-state index contributed by atoms with van der Waals surface area (Å²) in [5.41, 5.74) is -2.43. The van der Waals surface area contributed by atoms with Crippen molar-refractivity contribution in [1.29, 1.82) is 0 Å². The summed E-state index contributed by atoms with van der Waals surface area (Å²) >= 11 is 0. The number of rotatable bonds is 2. The summed E-state index contributed by atoms with van der Waals surface area (Å²) in [6.07, 6.45) is -5.69. The van der Waals surface area contributed by atoms with Crippen molar-refractivity contribution in [3.8, 4) is 0 Å². The molecule has 5 atom stereocenters. The Morgan fingerprint density at radius 3 is 2.33 bits per heavy atom. The molecule has 1 saturated carbocycles. The molecule has 15 heavy (non-hydrogen) atoms. The molecule has 0 unspecified atom stereocenters. The summed E-state index contributed by atoms with van der Waals surface area (Å²) in [5.74, 6) is 0. The predicted molar refractivity (Wildman–Crippen MR) is 45.5 cm³/mol. The largest absolute Gasteiger partial charge is 0.393 e. The van der Waals surface area contributed by atoms with Gasteiger partial charge in [-0.3, -0.25) is 10.1 Å². The van der Waals surface area contributed by atoms with Crippen LogP contribution in [0, 0.1) is 10.1 Å². The highest BCUT2D eigenvalue weighted by molar-refractivity contribution is 5.03. The second kappa shape index (κ2) is 3.99. The van der Waals surface area contributed by atoms with Crippen molar-refractivity contribution in [2.24, 2.45) is 0 Å². The molecule has 88 valence electrons. The molecule has 0 aromatic carbocycles. The van der Waals surface area contributed by atoms with Gasteiger partial charge >= 0.3 is 0 Å². The summed E-state index contributed by atoms with van der Waals surface area (Å²) in [6, 6.07) is -1.71. The molecule has 0 aromatic rings. The van der Waals surface area contributed by atoms with Crippen LogP contribution >= 0.6 is 0 Å². The van der Waals surface area contributed by atoms with E-state index in [0.29, 0.717) is 0 Å². The molecule has 1 rings (SSSR count). The Labute approximate surface area is 84.5 Å². The molecule has 8 heteroatoms. The minimum atomic E-state index is -2.43. The molecule has 0 heterocycles. The Hall–Kier alpha value is -0.800. The molecule has 1 aliphatic carbocycles. The Morgan fingerprint density at radius 1 is 1.40 bits per heavy atom. The van der Waals surface area contributed by atoms with Crippen LogP contribution in [0.25, 0.3) is 0 Å². The van der Waals surface area contributed by atoms with Gasteiger partial charge in [0.05, 0.1) is 12.7 Å². The molecule has 5 N–H and O–H groups in total. The first-order valence-electron chi connectivity index (χ1n) is 4.35. The average molecular weight is 223 g/mol. The number of hydrogen-bond donors (Lipinski definition) is 5. The SMILES string of the molecule is O=[N+]([O-])[C@@H]1C[C@@H](O)[C@@H](O)[C@H](O)[C@@]1(O)CO. The number of hydrogen-bond acceptors (Lipinski definition) is 7. The first-order chi connectivity index (χ1) is 6.84. The van der Waals surface area contributed by atoms with E-state index >= 15 is 0 Å². The van der Waals surface area contributed by atoms with E-state index in [4.69, 9.17) is 5.11 Å². The highest BCUT2D eigenvalue weighted by atomic mass is 16.6. The van der Waals surface area contributed by atoms with Crippen molar-refractivity contribution < 1.29 is 30.5 Å². The lowest BCUT2D eigenvalue weighted by atomic mass is 9.75. The van der Waals surface area contributed by atoms with Crippen LogP contribution in [0.15, 0.2) is 0 Å². The Morgan fingerprint density at radius 2 is 1.93 bits per heavy atom. The second-order valence-electron chi connectivity index (χ2n) is 3.69. The maximum Gasteiger partial charge on any atom is 0.248 e. The van der Waals surface area contributed by atoms with Gasteiger partial charge in [0.25, 0.3) is 0 Å². The van der Waals surface area contributed by atoms with E-state index < -0.39 is 47.9 Å². The van der Waals surface area contributed by atoms with Gasteiger partial charge in [-0.25, -0.2) is 0 Å². The van der Waals surface area contributed by atoms with E-state index in [9.17, 15) is 30.5 Å². The Balaban J connectivity index is 3.02. The number of nitro groups is 1. The molecule has 0 bridgehead atoms. The zero-order valence-corrected chi connectivity index (χ0v) is 7.72. The van der Waals surface area contributed by atoms with Gasteiger partial charge in [-0.05, 0) is 0 Å². The molecule has 1 fully saturated rings. The molecular formula is C7H13NO7. The van der Waals surface area contributed by atoms with Crippen LogP contribution in [0.2, 0.25) is 0 Å². The van der Waals surface area contributed by atoms with Crippen molar-refractivity contribution in [3.05, 3.63) is 10.1 Å². The zero-order valence-electron chi connectivity index (χ0n) is 7.72. The van der Waals surface area contributed by atoms with Gasteiger partial charge in [0.2, 0.25) is 6.04 Å². The summed E-state index contributed by atoms with van der Waals surface area (Å²) in [7, 11) is 0. The van der Waals surface area contributed by atoms with Crippen LogP contribution in [0.1, 0.15) is 6.42 Å². The number of aliphatic hydroxyl groups excluding tert-OH is 4. The third kappa shape index (κ3) is 1.82. The smallest absolute Gasteiger partial charge is 0.248 e. The lowest BCUT2D eigenvalue weighted by Crippen LogP contribution is -2.68. The van der Waals surface area contributed by atoms with Crippen molar-refractivity contribution >= 4 is 0 Å². The van der Waals surface area contributed by atoms with Crippen LogP contribution in [0.3, 0.4) is 0 Å². The van der Waals surface area contributed by atoms with E-state index in [0.717, 1.165) is 0 Å². The number of aliphatic hydroxyl groups is 5. The van der Waals surface area contributed by atoms with Gasteiger partial charge in [0.15, 0.2) is 5.60 Å². The van der Waals surface area contributed by atoms with Crippen LogP contribution in [0.5, 0.6) is 0 Å². The quantitative estimate of drug-likeness (QED) is 0.245. The van der Waals surface area contributed by atoms with Crippen molar-refractivity contribution in [2.75, 3.05) is 6.61 Å². The maximum atomic E-state index is 10.6. The molecular weight excluding hydrogens is 210 g/mol. The van der Waals surface area contributed by atoms with Crippen LogP contribution in [-0.4, -0.2) is 67.0 Å². The molecule has 0 saturated heterocycles. The first kappa shape index (κ1) is 12.3. The molecule has 0 radical (unpaired) electrons. The fraction of sp³-hybridized carbons (Fsp3) is 1.00. The molecule has 1 aliphatic rings. The fourth-order valence-electron chi connectivity index (χ4n) is 1.74. The lowest BCUT2D eigenvalue weighted by Gasteiger charge is -2.41. The Bertz CT molecular complexity index is 260. The Kier molecular flexibility index (Phi) is 3.26. The van der Waals surface area contributed by atoms with E-state index in [1.165, 1.54) is 0 Å². The van der Waals surface area contributed by atoms with Gasteiger partial charge in [-0.15, -0.1) is 0 Å². The zero-order chi connectivity index (χ0) is 11.8. The minimum Gasteiger partial charge on any atom is -0.393 e. The molecule has 0 aliphatic heterocycles. The normalized spacial score (nSPS) is 46.5. The minimum absolute atomic E-state index is 0.526. The lowest BCUT2D eigenvalue weighted by molar-refractivity contribution is -0.559. The molecule has 8 nitrogen and oxygen atoms in total. The first-order valence-corrected chi connectivity index (χ1v) is 4.35. The third-order valence-electron chi connectivity index (χ3n) is 2.78. The fourth-order valence-corrected chi connectivity index (χ4v) is 1.74. The van der Waals surface area contributed by atoms with Crippen LogP contribution < -0.4 is 0 Å². The van der Waals surface area contributed by atoms with Crippen molar-refractivity contribution in [2.45, 2.75) is 36.4 Å². The summed E-state index contributed by atoms with van der Waals surface area (Å²) in [4.78, 5) is 9.66. The van der Waals surface area contributed by atoms with Crippen LogP contribution in [0.4, 0.5) is 0 Å². The molecule has 0 amide bonds. The van der Waals surface area contributed by atoms with Gasteiger partial charge in [0.1, 0.15) is 12.2 Å². The standard InChI is InChI=1S/C7H13NO7/c9-2-7(13)4(8(14)15)1-3(10)5(11)6(7)12/h3-6,9-13H,1-2H2/t3-,4-,5-,6+,7-/m1/s1. The van der Waals surface area contributed by atoms with E-state index in [1.54, 1.807) is 0 Å². The summed E-state index contributed by atoms with van der Waals surface area (Å²) in [6.45, 7) is -1.07. The highest BCUT2D eigenvalue weighted by Gasteiger charge is 2.59. The van der Waals surface area contributed by atoms with Gasteiger partial charge in [0, 0.05) is 11.3 Å².